The Morgan fingerprint density at radius 3 is 2.29 bits per heavy atom. The molecule has 5 rings (SSSR count). The van der Waals surface area contributed by atoms with E-state index in [2.05, 4.69) is 5.32 Å². The predicted molar refractivity (Wildman–Crippen MR) is 168 cm³/mol. The third-order valence-electron chi connectivity index (χ3n) is 8.72. The molecule has 3 aromatic carbocycles. The molecule has 0 aliphatic heterocycles. The number of ketones is 3. The monoisotopic (exact) mass is 658 g/mol. The number of phenolic OH excluding ortho intramolecular Hbond substituents is 2. The fraction of sp³-hybridized carbons (Fsp3) is 0.314. The lowest BCUT2D eigenvalue weighted by Crippen LogP contribution is -2.46. The molecule has 13 nitrogen and oxygen atoms in total. The number of aromatic hydroxyl groups is 2. The summed E-state index contributed by atoms with van der Waals surface area (Å²) in [5.74, 6) is -5.37. The maximum atomic E-state index is 13.4. The minimum Gasteiger partial charge on any atom is -0.507 e. The molecule has 250 valence electrons. The Morgan fingerprint density at radius 2 is 1.60 bits per heavy atom. The minimum absolute atomic E-state index is 0.0343. The van der Waals surface area contributed by atoms with Crippen LogP contribution in [0.15, 0.2) is 48.5 Å². The molecule has 0 saturated heterocycles. The van der Waals surface area contributed by atoms with E-state index in [1.165, 1.54) is 25.3 Å². The number of esters is 1. The Labute approximate surface area is 274 Å². The molecule has 0 aromatic heterocycles. The van der Waals surface area contributed by atoms with Gasteiger partial charge in [-0.1, -0.05) is 42.5 Å². The third kappa shape index (κ3) is 6.49. The number of methoxy groups -OCH3 is 1. The van der Waals surface area contributed by atoms with Gasteiger partial charge in [0.25, 0.3) is 0 Å². The summed E-state index contributed by atoms with van der Waals surface area (Å²) in [5, 5.41) is 36.1. The van der Waals surface area contributed by atoms with Crippen LogP contribution in [0.5, 0.6) is 17.2 Å². The minimum atomic E-state index is -2.11. The highest BCUT2D eigenvalue weighted by Gasteiger charge is 2.45. The number of nitrogens with one attached hydrogen (secondary N) is 1. The highest BCUT2D eigenvalue weighted by Crippen LogP contribution is 2.48. The van der Waals surface area contributed by atoms with Crippen LogP contribution >= 0.6 is 0 Å². The Morgan fingerprint density at radius 1 is 0.917 bits per heavy atom. The van der Waals surface area contributed by atoms with Crippen molar-refractivity contribution >= 4 is 35.1 Å². The number of rotatable bonds is 12. The molecule has 0 heterocycles. The first-order valence-electron chi connectivity index (χ1n) is 15.3. The number of primary amides is 1. The van der Waals surface area contributed by atoms with Crippen molar-refractivity contribution in [2.24, 2.45) is 5.73 Å². The van der Waals surface area contributed by atoms with E-state index in [9.17, 15) is 44.1 Å². The molecule has 2 aliphatic carbocycles. The summed E-state index contributed by atoms with van der Waals surface area (Å²) in [7, 11) is 1.33. The molecule has 0 fully saturated rings. The van der Waals surface area contributed by atoms with E-state index in [0.29, 0.717) is 0 Å². The summed E-state index contributed by atoms with van der Waals surface area (Å²) < 4.78 is 10.3. The standard InChI is InChI=1S/C35H34N2O11/c1-47-23-10-5-9-20-27(23)33(44)29-28(31(20)42)32(43)21-16-35(46,14-13-19(21)30(29)41)24(38)17-48-26(40)12-6-11-25(39)37-22(34(36)45)15-18-7-3-2-4-8-18/h2-5,7-10,22,41,43,46H,6,11-17H2,1H3,(H2,36,45)(H,37,39)/t22-,35-/m1/s1. The summed E-state index contributed by atoms with van der Waals surface area (Å²) >= 11 is 0. The molecule has 3 aromatic rings. The van der Waals surface area contributed by atoms with Crippen molar-refractivity contribution in [3.63, 3.8) is 0 Å². The van der Waals surface area contributed by atoms with Gasteiger partial charge >= 0.3 is 5.97 Å². The highest BCUT2D eigenvalue weighted by molar-refractivity contribution is 6.31. The van der Waals surface area contributed by atoms with E-state index in [-0.39, 0.29) is 72.1 Å². The van der Waals surface area contributed by atoms with Crippen LogP contribution in [0.1, 0.15) is 74.2 Å². The Hall–Kier alpha value is -5.56. The zero-order valence-corrected chi connectivity index (χ0v) is 26.0. The summed E-state index contributed by atoms with van der Waals surface area (Å²) in [6.07, 6.45) is -0.968. The summed E-state index contributed by atoms with van der Waals surface area (Å²) in [6.45, 7) is -0.806. The van der Waals surface area contributed by atoms with Gasteiger partial charge in [0.2, 0.25) is 23.4 Å². The fourth-order valence-electron chi connectivity index (χ4n) is 6.15. The van der Waals surface area contributed by atoms with Gasteiger partial charge in [-0.15, -0.1) is 0 Å². The molecule has 2 aliphatic rings. The molecule has 2 amide bonds. The summed E-state index contributed by atoms with van der Waals surface area (Å²) in [4.78, 5) is 76.5. The smallest absolute Gasteiger partial charge is 0.306 e. The molecule has 0 unspecified atom stereocenters. The second kappa shape index (κ2) is 13.7. The van der Waals surface area contributed by atoms with Gasteiger partial charge in [0.05, 0.1) is 23.8 Å². The molecule has 0 saturated carbocycles. The van der Waals surface area contributed by atoms with E-state index in [1.807, 2.05) is 6.07 Å². The lowest BCUT2D eigenvalue weighted by atomic mass is 9.73. The van der Waals surface area contributed by atoms with Gasteiger partial charge < -0.3 is 35.8 Å². The Kier molecular flexibility index (Phi) is 9.62. The third-order valence-corrected chi connectivity index (χ3v) is 8.72. The molecule has 0 spiro atoms. The van der Waals surface area contributed by atoms with Crippen LogP contribution in [0.3, 0.4) is 0 Å². The number of carbonyl (C=O) groups is 6. The van der Waals surface area contributed by atoms with Crippen molar-refractivity contribution in [2.45, 2.75) is 56.6 Å². The molecule has 48 heavy (non-hydrogen) atoms. The van der Waals surface area contributed by atoms with Crippen molar-refractivity contribution < 1.29 is 53.6 Å². The molecule has 13 heteroatoms. The van der Waals surface area contributed by atoms with Crippen LogP contribution < -0.4 is 15.8 Å². The van der Waals surface area contributed by atoms with Crippen molar-refractivity contribution in [3.8, 4) is 17.2 Å². The Balaban J connectivity index is 1.19. The average molecular weight is 659 g/mol. The van der Waals surface area contributed by atoms with Crippen LogP contribution in [-0.2, 0) is 43.2 Å². The van der Waals surface area contributed by atoms with Crippen LogP contribution in [0.4, 0.5) is 0 Å². The van der Waals surface area contributed by atoms with Gasteiger partial charge in [0, 0.05) is 42.4 Å². The number of nitrogens with two attached hydrogens (primary N) is 1. The van der Waals surface area contributed by atoms with Gasteiger partial charge in [-0.2, -0.15) is 0 Å². The second-order valence-corrected chi connectivity index (χ2v) is 11.8. The first kappa shape index (κ1) is 33.8. The van der Waals surface area contributed by atoms with Gasteiger partial charge in [-0.05, 0) is 30.9 Å². The topological polar surface area (TPSA) is 220 Å². The maximum absolute atomic E-state index is 13.4. The molecular weight excluding hydrogens is 624 g/mol. The van der Waals surface area contributed by atoms with Crippen molar-refractivity contribution in [2.75, 3.05) is 13.7 Å². The lowest BCUT2D eigenvalue weighted by Gasteiger charge is -2.34. The largest absolute Gasteiger partial charge is 0.507 e. The van der Waals surface area contributed by atoms with Crippen molar-refractivity contribution in [1.29, 1.82) is 0 Å². The van der Waals surface area contributed by atoms with Gasteiger partial charge in [0.1, 0.15) is 28.9 Å². The molecule has 2 atom stereocenters. The van der Waals surface area contributed by atoms with E-state index >= 15 is 0 Å². The number of fused-ring (bicyclic) bond motifs is 3. The maximum Gasteiger partial charge on any atom is 0.306 e. The Bertz CT molecular complexity index is 1840. The normalized spacial score (nSPS) is 17.0. The van der Waals surface area contributed by atoms with Crippen LogP contribution in [0, 0.1) is 0 Å². The van der Waals surface area contributed by atoms with Gasteiger partial charge in [-0.3, -0.25) is 28.8 Å². The quantitative estimate of drug-likeness (QED) is 0.109. The fourth-order valence-corrected chi connectivity index (χ4v) is 6.15. The molecule has 0 bridgehead atoms. The highest BCUT2D eigenvalue weighted by atomic mass is 16.5. The lowest BCUT2D eigenvalue weighted by molar-refractivity contribution is -0.155. The molecular formula is C35H34N2O11. The first-order valence-corrected chi connectivity index (χ1v) is 15.3. The van der Waals surface area contributed by atoms with E-state index in [4.69, 9.17) is 15.2 Å². The van der Waals surface area contributed by atoms with Crippen molar-refractivity contribution in [1.82, 2.24) is 5.32 Å². The number of amides is 2. The number of phenols is 2. The number of aliphatic hydroxyl groups is 1. The van der Waals surface area contributed by atoms with E-state index < -0.39 is 76.9 Å². The van der Waals surface area contributed by atoms with Crippen LogP contribution in [-0.4, -0.2) is 75.8 Å². The summed E-state index contributed by atoms with van der Waals surface area (Å²) in [5.41, 5.74) is 3.25. The van der Waals surface area contributed by atoms with Crippen LogP contribution in [0.25, 0.3) is 0 Å². The number of carbonyl (C=O) groups excluding carboxylic acids is 6. The number of ether oxygens (including phenoxy) is 2. The number of Topliss-reactive ketones (excluding diaryl/α,β-unsaturated/α-hetero) is 1. The van der Waals surface area contributed by atoms with E-state index in [0.717, 1.165) is 5.56 Å². The number of benzene rings is 3. The van der Waals surface area contributed by atoms with Gasteiger partial charge in [-0.25, -0.2) is 0 Å². The van der Waals surface area contributed by atoms with Crippen molar-refractivity contribution in [3.05, 3.63) is 87.5 Å². The first-order chi connectivity index (χ1) is 22.9. The van der Waals surface area contributed by atoms with Gasteiger partial charge in [0.15, 0.2) is 12.4 Å². The zero-order valence-electron chi connectivity index (χ0n) is 26.0. The average Bonchev–Trinajstić information content (AvgIpc) is 3.07. The zero-order chi connectivity index (χ0) is 34.7. The second-order valence-electron chi connectivity index (χ2n) is 11.8. The molecule has 0 radical (unpaired) electrons. The number of hydrogen-bond donors (Lipinski definition) is 5. The van der Waals surface area contributed by atoms with E-state index in [1.54, 1.807) is 24.3 Å². The van der Waals surface area contributed by atoms with Crippen LogP contribution in [0.2, 0.25) is 0 Å². The summed E-state index contributed by atoms with van der Waals surface area (Å²) in [6, 6.07) is 12.4. The molecule has 6 N–H and O–H groups in total. The predicted octanol–water partition coefficient (Wildman–Crippen LogP) is 1.60. The SMILES string of the molecule is COc1cccc2c1C(=O)c1c(O)c3c(c(O)c1C2=O)C[C@@](O)(C(=O)COC(=O)CCCC(=O)N[C@H](Cc1ccccc1)C(N)=O)CC3. The number of hydrogen-bond acceptors (Lipinski definition) is 11.